The largest absolute Gasteiger partial charge is 0.192 e. The quantitative estimate of drug-likeness (QED) is 0.618. The van der Waals surface area contributed by atoms with Crippen LogP contribution in [-0.4, -0.2) is 0 Å². The van der Waals surface area contributed by atoms with Crippen LogP contribution < -0.4 is 0 Å². The highest BCUT2D eigenvalue weighted by Gasteiger charge is 2.02. The van der Waals surface area contributed by atoms with E-state index in [-0.39, 0.29) is 5.57 Å². The van der Waals surface area contributed by atoms with Gasteiger partial charge in [-0.2, -0.15) is 15.8 Å². The second-order valence-corrected chi connectivity index (χ2v) is 2.61. The predicted molar refractivity (Wildman–Crippen MR) is 50.5 cm³/mol. The van der Waals surface area contributed by atoms with Gasteiger partial charge < -0.3 is 0 Å². The molecule has 0 aliphatic heterocycles. The van der Waals surface area contributed by atoms with Crippen molar-refractivity contribution in [2.24, 2.45) is 0 Å². The molecule has 0 atom stereocenters. The molecule has 14 heavy (non-hydrogen) atoms. The van der Waals surface area contributed by atoms with Gasteiger partial charge in [0.1, 0.15) is 0 Å². The van der Waals surface area contributed by atoms with Crippen molar-refractivity contribution in [2.45, 2.75) is 0 Å². The number of allylic oxidation sites excluding steroid dienone is 1. The molecule has 3 heteroatoms. The second kappa shape index (κ2) is 3.90. The van der Waals surface area contributed by atoms with Gasteiger partial charge in [0.05, 0.1) is 34.9 Å². The van der Waals surface area contributed by atoms with Gasteiger partial charge in [0.15, 0.2) is 0 Å². The van der Waals surface area contributed by atoms with Gasteiger partial charge in [0.25, 0.3) is 0 Å². The molecule has 0 saturated heterocycles. The number of nitrogens with zero attached hydrogens (tertiary/aromatic N) is 3. The van der Waals surface area contributed by atoms with Gasteiger partial charge >= 0.3 is 0 Å². The summed E-state index contributed by atoms with van der Waals surface area (Å²) < 4.78 is 0. The molecule has 0 bridgehead atoms. The van der Waals surface area contributed by atoms with E-state index >= 15 is 0 Å². The van der Waals surface area contributed by atoms with Gasteiger partial charge in [0, 0.05) is 0 Å². The third kappa shape index (κ3) is 1.78. The molecule has 0 aromatic heterocycles. The van der Waals surface area contributed by atoms with Crippen molar-refractivity contribution < 1.29 is 0 Å². The molecule has 1 rings (SSSR count). The Morgan fingerprint density at radius 1 is 1.00 bits per heavy atom. The Hall–Kier alpha value is -2.57. The Bertz CT molecular complexity index is 475. The average Bonchev–Trinajstić information content (AvgIpc) is 2.27. The maximum Gasteiger partial charge on any atom is 0.0992 e. The van der Waals surface area contributed by atoms with Gasteiger partial charge in [0.2, 0.25) is 0 Å². The van der Waals surface area contributed by atoms with Crippen LogP contribution in [0.25, 0.3) is 5.57 Å². The topological polar surface area (TPSA) is 71.4 Å². The van der Waals surface area contributed by atoms with E-state index in [2.05, 4.69) is 6.58 Å². The van der Waals surface area contributed by atoms with E-state index in [0.29, 0.717) is 16.7 Å². The Balaban J connectivity index is 3.37. The van der Waals surface area contributed by atoms with Crippen LogP contribution in [-0.2, 0) is 0 Å². The first-order valence-electron chi connectivity index (χ1n) is 3.76. The number of hydrogen-bond acceptors (Lipinski definition) is 3. The normalized spacial score (nSPS) is 8.07. The van der Waals surface area contributed by atoms with E-state index < -0.39 is 0 Å². The summed E-state index contributed by atoms with van der Waals surface area (Å²) in [6.07, 6.45) is 0. The van der Waals surface area contributed by atoms with Crippen LogP contribution in [0, 0.1) is 34.0 Å². The van der Waals surface area contributed by atoms with E-state index in [1.165, 1.54) is 18.2 Å². The summed E-state index contributed by atoms with van der Waals surface area (Å²) in [5.74, 6) is 0. The highest BCUT2D eigenvalue weighted by atomic mass is 14.3. The van der Waals surface area contributed by atoms with Crippen LogP contribution in [0.1, 0.15) is 16.7 Å². The van der Waals surface area contributed by atoms with Crippen molar-refractivity contribution in [1.82, 2.24) is 0 Å². The maximum atomic E-state index is 8.66. The van der Waals surface area contributed by atoms with Crippen molar-refractivity contribution in [3.63, 3.8) is 0 Å². The molecule has 3 nitrogen and oxygen atoms in total. The first kappa shape index (κ1) is 9.52. The van der Waals surface area contributed by atoms with E-state index in [1.807, 2.05) is 18.2 Å². The predicted octanol–water partition coefficient (Wildman–Crippen LogP) is 1.97. The van der Waals surface area contributed by atoms with Crippen molar-refractivity contribution in [1.29, 1.82) is 15.8 Å². The Morgan fingerprint density at radius 3 is 1.86 bits per heavy atom. The van der Waals surface area contributed by atoms with Gasteiger partial charge in [-0.15, -0.1) is 0 Å². The van der Waals surface area contributed by atoms with Crippen LogP contribution in [0.15, 0.2) is 24.8 Å². The third-order valence-electron chi connectivity index (χ3n) is 1.67. The van der Waals surface area contributed by atoms with Crippen LogP contribution in [0.5, 0.6) is 0 Å². The summed E-state index contributed by atoms with van der Waals surface area (Å²) in [7, 11) is 0. The highest BCUT2D eigenvalue weighted by Crippen LogP contribution is 2.15. The SMILES string of the molecule is C=C(C#N)c1cc(C#N)cc(C#N)c1. The fraction of sp³-hybridized carbons (Fsp3) is 0. The van der Waals surface area contributed by atoms with Crippen LogP contribution in [0.3, 0.4) is 0 Å². The van der Waals surface area contributed by atoms with Crippen LogP contribution in [0.2, 0.25) is 0 Å². The Morgan fingerprint density at radius 2 is 1.50 bits per heavy atom. The molecular formula is C11H5N3. The highest BCUT2D eigenvalue weighted by molar-refractivity contribution is 5.76. The average molecular weight is 179 g/mol. The molecule has 0 unspecified atom stereocenters. The van der Waals surface area contributed by atoms with E-state index in [4.69, 9.17) is 15.8 Å². The van der Waals surface area contributed by atoms with Gasteiger partial charge in [-0.05, 0) is 23.8 Å². The summed E-state index contributed by atoms with van der Waals surface area (Å²) in [5.41, 5.74) is 1.48. The van der Waals surface area contributed by atoms with Crippen molar-refractivity contribution in [2.75, 3.05) is 0 Å². The first-order valence-corrected chi connectivity index (χ1v) is 3.76. The minimum Gasteiger partial charge on any atom is -0.192 e. The smallest absolute Gasteiger partial charge is 0.0992 e. The number of hydrogen-bond donors (Lipinski definition) is 0. The minimum atomic E-state index is 0.249. The summed E-state index contributed by atoms with van der Waals surface area (Å²) in [4.78, 5) is 0. The van der Waals surface area contributed by atoms with E-state index in [1.54, 1.807) is 0 Å². The molecule has 1 aromatic carbocycles. The fourth-order valence-corrected chi connectivity index (χ4v) is 0.995. The molecule has 64 valence electrons. The van der Waals surface area contributed by atoms with E-state index in [9.17, 15) is 0 Å². The van der Waals surface area contributed by atoms with Gasteiger partial charge in [-0.1, -0.05) is 6.58 Å². The fourth-order valence-electron chi connectivity index (χ4n) is 0.995. The van der Waals surface area contributed by atoms with Crippen molar-refractivity contribution in [3.05, 3.63) is 41.5 Å². The Labute approximate surface area is 81.7 Å². The summed E-state index contributed by atoms with van der Waals surface area (Å²) in [5, 5.41) is 25.9. The van der Waals surface area contributed by atoms with Crippen LogP contribution in [0.4, 0.5) is 0 Å². The molecule has 0 aliphatic carbocycles. The molecule has 0 spiro atoms. The molecule has 0 aliphatic rings. The zero-order valence-corrected chi connectivity index (χ0v) is 7.28. The van der Waals surface area contributed by atoms with Crippen molar-refractivity contribution in [3.8, 4) is 18.2 Å². The lowest BCUT2D eigenvalue weighted by molar-refractivity contribution is 1.43. The molecular weight excluding hydrogens is 174 g/mol. The van der Waals surface area contributed by atoms with Crippen molar-refractivity contribution >= 4 is 5.57 Å². The molecule has 0 heterocycles. The summed E-state index contributed by atoms with van der Waals surface area (Å²) in [6.45, 7) is 3.51. The second-order valence-electron chi connectivity index (χ2n) is 2.61. The summed E-state index contributed by atoms with van der Waals surface area (Å²) in [6, 6.07) is 10.2. The summed E-state index contributed by atoms with van der Waals surface area (Å²) >= 11 is 0. The molecule has 0 fully saturated rings. The number of rotatable bonds is 1. The molecule has 1 aromatic rings. The molecule has 0 N–H and O–H groups in total. The van der Waals surface area contributed by atoms with Gasteiger partial charge in [-0.25, -0.2) is 0 Å². The molecule has 0 amide bonds. The lowest BCUT2D eigenvalue weighted by atomic mass is 10.0. The number of benzene rings is 1. The zero-order valence-electron chi connectivity index (χ0n) is 7.28. The lowest BCUT2D eigenvalue weighted by Crippen LogP contribution is -1.85. The maximum absolute atomic E-state index is 8.66. The first-order chi connectivity index (χ1) is 6.71. The standard InChI is InChI=1S/C11H5N3/c1-8(5-12)11-3-9(6-13)2-10(4-11)7-14/h2-4H,1H2. The van der Waals surface area contributed by atoms with E-state index in [0.717, 1.165) is 0 Å². The lowest BCUT2D eigenvalue weighted by Gasteiger charge is -1.98. The zero-order chi connectivity index (χ0) is 10.6. The van der Waals surface area contributed by atoms with Gasteiger partial charge in [-0.3, -0.25) is 0 Å². The number of nitriles is 3. The Kier molecular flexibility index (Phi) is 2.65. The van der Waals surface area contributed by atoms with Crippen LogP contribution >= 0.6 is 0 Å². The molecule has 0 saturated carbocycles. The third-order valence-corrected chi connectivity index (χ3v) is 1.67. The molecule has 0 radical (unpaired) electrons. The minimum absolute atomic E-state index is 0.249. The monoisotopic (exact) mass is 179 g/mol.